The van der Waals surface area contributed by atoms with Gasteiger partial charge in [-0.1, -0.05) is 0 Å². The summed E-state index contributed by atoms with van der Waals surface area (Å²) < 4.78 is 5.90. The number of ether oxygens (including phenoxy) is 1. The van der Waals surface area contributed by atoms with E-state index in [0.717, 1.165) is 6.42 Å². The highest BCUT2D eigenvalue weighted by molar-refractivity contribution is 5.85. The van der Waals surface area contributed by atoms with Crippen molar-refractivity contribution >= 4 is 5.91 Å². The zero-order valence-corrected chi connectivity index (χ0v) is 9.78. The molecule has 1 unspecified atom stereocenters. The number of hydrogen-bond acceptors (Lipinski definition) is 3. The number of rotatable bonds is 1. The quantitative estimate of drug-likeness (QED) is 0.685. The van der Waals surface area contributed by atoms with E-state index in [4.69, 9.17) is 4.74 Å². The Hall–Kier alpha value is -0.610. The van der Waals surface area contributed by atoms with Crippen molar-refractivity contribution in [2.24, 2.45) is 5.92 Å². The number of hydrogen-bond donors (Lipinski definition) is 1. The van der Waals surface area contributed by atoms with Crippen LogP contribution in [0.15, 0.2) is 0 Å². The molecule has 15 heavy (non-hydrogen) atoms. The zero-order valence-electron chi connectivity index (χ0n) is 9.78. The monoisotopic (exact) mass is 213 g/mol. The van der Waals surface area contributed by atoms with E-state index >= 15 is 0 Å². The largest absolute Gasteiger partial charge is 0.394 e. The topological polar surface area (TPSA) is 49.8 Å². The van der Waals surface area contributed by atoms with Gasteiger partial charge in [0.05, 0.1) is 24.2 Å². The molecule has 0 aromatic rings. The molecule has 2 rings (SSSR count). The second kappa shape index (κ2) is 2.95. The molecule has 0 saturated carbocycles. The van der Waals surface area contributed by atoms with Crippen LogP contribution in [0.5, 0.6) is 0 Å². The van der Waals surface area contributed by atoms with E-state index in [9.17, 15) is 9.90 Å². The smallest absolute Gasteiger partial charge is 0.229 e. The fourth-order valence-electron chi connectivity index (χ4n) is 3.02. The maximum absolute atomic E-state index is 12.0. The highest BCUT2D eigenvalue weighted by Crippen LogP contribution is 2.51. The normalized spacial score (nSPS) is 49.9. The Morgan fingerprint density at radius 2 is 2.20 bits per heavy atom. The van der Waals surface area contributed by atoms with Gasteiger partial charge in [0.15, 0.2) is 0 Å². The maximum atomic E-state index is 12.0. The molecule has 86 valence electrons. The van der Waals surface area contributed by atoms with Crippen LogP contribution >= 0.6 is 0 Å². The van der Waals surface area contributed by atoms with E-state index in [0.29, 0.717) is 0 Å². The first-order chi connectivity index (χ1) is 6.87. The molecule has 0 aromatic carbocycles. The first-order valence-electron chi connectivity index (χ1n) is 5.43. The second-order valence-corrected chi connectivity index (χ2v) is 5.15. The molecule has 4 atom stereocenters. The lowest BCUT2D eigenvalue weighted by atomic mass is 9.78. The van der Waals surface area contributed by atoms with Crippen molar-refractivity contribution in [3.05, 3.63) is 0 Å². The van der Waals surface area contributed by atoms with E-state index in [2.05, 4.69) is 0 Å². The number of fused-ring (bicyclic) bond motifs is 1. The van der Waals surface area contributed by atoms with Gasteiger partial charge in [0.2, 0.25) is 5.91 Å². The van der Waals surface area contributed by atoms with Crippen molar-refractivity contribution in [2.75, 3.05) is 13.7 Å². The lowest BCUT2D eigenvalue weighted by Crippen LogP contribution is -2.57. The average molecular weight is 213 g/mol. The van der Waals surface area contributed by atoms with Crippen LogP contribution in [0.4, 0.5) is 0 Å². The van der Waals surface area contributed by atoms with Gasteiger partial charge in [-0.3, -0.25) is 4.79 Å². The fourth-order valence-corrected chi connectivity index (χ4v) is 3.02. The molecule has 4 nitrogen and oxygen atoms in total. The minimum atomic E-state index is -0.598. The van der Waals surface area contributed by atoms with Gasteiger partial charge < -0.3 is 14.7 Å². The third-order valence-corrected chi connectivity index (χ3v) is 4.42. The lowest BCUT2D eigenvalue weighted by Gasteiger charge is -2.41. The molecule has 2 aliphatic rings. The highest BCUT2D eigenvalue weighted by Gasteiger charge is 2.66. The Morgan fingerprint density at radius 3 is 2.73 bits per heavy atom. The number of aliphatic hydroxyl groups excluding tert-OH is 1. The van der Waals surface area contributed by atoms with Crippen LogP contribution in [0.2, 0.25) is 0 Å². The van der Waals surface area contributed by atoms with Crippen LogP contribution in [0, 0.1) is 5.92 Å². The third-order valence-electron chi connectivity index (χ3n) is 4.42. The summed E-state index contributed by atoms with van der Waals surface area (Å²) in [6.45, 7) is 5.76. The first kappa shape index (κ1) is 10.9. The highest BCUT2D eigenvalue weighted by atomic mass is 16.5. The number of amides is 1. The van der Waals surface area contributed by atoms with Gasteiger partial charge in [-0.05, 0) is 27.2 Å². The minimum Gasteiger partial charge on any atom is -0.394 e. The molecule has 1 amide bonds. The number of carbonyl (C=O) groups is 1. The number of likely N-dealkylation sites (N-methyl/N-ethyl adjacent to an activating group) is 1. The van der Waals surface area contributed by atoms with Crippen LogP contribution in [-0.2, 0) is 9.53 Å². The molecule has 0 radical (unpaired) electrons. The van der Waals surface area contributed by atoms with Crippen LogP contribution in [0.1, 0.15) is 27.2 Å². The van der Waals surface area contributed by atoms with Crippen LogP contribution < -0.4 is 0 Å². The van der Waals surface area contributed by atoms with Crippen molar-refractivity contribution in [1.29, 1.82) is 0 Å². The van der Waals surface area contributed by atoms with Crippen LogP contribution in [0.3, 0.4) is 0 Å². The van der Waals surface area contributed by atoms with E-state index in [1.807, 2.05) is 20.8 Å². The first-order valence-corrected chi connectivity index (χ1v) is 5.43. The van der Waals surface area contributed by atoms with Crippen LogP contribution in [-0.4, -0.2) is 46.8 Å². The molecule has 1 N–H and O–H groups in total. The standard InChI is InChI=1S/C11H19NO3/c1-7-5-8-9(14)12(4)10(2,6-13)11(8,3)15-7/h7-8,13H,5-6H2,1-4H3/t7?,8-,10+,11-/m0/s1. The van der Waals surface area contributed by atoms with Crippen molar-refractivity contribution < 1.29 is 14.6 Å². The Balaban J connectivity index is 2.46. The van der Waals surface area contributed by atoms with Crippen LogP contribution in [0.25, 0.3) is 0 Å². The number of carbonyl (C=O) groups excluding carboxylic acids is 1. The molecule has 2 aliphatic heterocycles. The summed E-state index contributed by atoms with van der Waals surface area (Å²) in [6, 6.07) is 0. The molecule has 0 aliphatic carbocycles. The summed E-state index contributed by atoms with van der Waals surface area (Å²) in [5.41, 5.74) is -1.15. The predicted molar refractivity (Wildman–Crippen MR) is 55.3 cm³/mol. The Labute approximate surface area is 90.2 Å². The van der Waals surface area contributed by atoms with Crippen molar-refractivity contribution in [2.45, 2.75) is 44.4 Å². The summed E-state index contributed by atoms with van der Waals surface area (Å²) in [7, 11) is 1.75. The summed E-state index contributed by atoms with van der Waals surface area (Å²) in [5.74, 6) is -0.00644. The van der Waals surface area contributed by atoms with Gasteiger partial charge in [0, 0.05) is 7.05 Å². The van der Waals surface area contributed by atoms with E-state index in [1.165, 1.54) is 0 Å². The third kappa shape index (κ3) is 1.06. The SMILES string of the molecule is CC1C[C@H]2C(=O)N(C)[C@](C)(CO)[C@@]2(C)O1. The van der Waals surface area contributed by atoms with Gasteiger partial charge in [-0.2, -0.15) is 0 Å². The van der Waals surface area contributed by atoms with Gasteiger partial charge in [0.25, 0.3) is 0 Å². The number of likely N-dealkylation sites (tertiary alicyclic amines) is 1. The maximum Gasteiger partial charge on any atom is 0.229 e. The van der Waals surface area contributed by atoms with Crippen molar-refractivity contribution in [3.8, 4) is 0 Å². The van der Waals surface area contributed by atoms with Crippen molar-refractivity contribution in [3.63, 3.8) is 0 Å². The fraction of sp³-hybridized carbons (Fsp3) is 0.909. The summed E-state index contributed by atoms with van der Waals surface area (Å²) in [4.78, 5) is 13.7. The molecule has 2 fully saturated rings. The summed E-state index contributed by atoms with van der Waals surface area (Å²) >= 11 is 0. The van der Waals surface area contributed by atoms with Gasteiger partial charge >= 0.3 is 0 Å². The van der Waals surface area contributed by atoms with Gasteiger partial charge in [-0.15, -0.1) is 0 Å². The predicted octanol–water partition coefficient (Wildman–Crippen LogP) is 0.393. The molecular formula is C11H19NO3. The zero-order chi connectivity index (χ0) is 11.4. The Morgan fingerprint density at radius 1 is 1.60 bits per heavy atom. The summed E-state index contributed by atoms with van der Waals surface area (Å²) in [5, 5.41) is 9.54. The summed E-state index contributed by atoms with van der Waals surface area (Å²) in [6.07, 6.45) is 0.860. The van der Waals surface area contributed by atoms with Crippen molar-refractivity contribution in [1.82, 2.24) is 4.90 Å². The molecule has 2 saturated heterocycles. The second-order valence-electron chi connectivity index (χ2n) is 5.15. The molecule has 0 aromatic heterocycles. The Kier molecular flexibility index (Phi) is 2.14. The van der Waals surface area contributed by atoms with E-state index in [-0.39, 0.29) is 24.5 Å². The van der Waals surface area contributed by atoms with E-state index < -0.39 is 11.1 Å². The molecule has 0 bridgehead atoms. The van der Waals surface area contributed by atoms with E-state index in [1.54, 1.807) is 11.9 Å². The molecule has 2 heterocycles. The number of aliphatic hydroxyl groups is 1. The lowest BCUT2D eigenvalue weighted by molar-refractivity contribution is -0.135. The molecular weight excluding hydrogens is 194 g/mol. The minimum absolute atomic E-state index is 0.0606. The van der Waals surface area contributed by atoms with Gasteiger partial charge in [-0.25, -0.2) is 0 Å². The van der Waals surface area contributed by atoms with Gasteiger partial charge in [0.1, 0.15) is 5.60 Å². The average Bonchev–Trinajstić information content (AvgIpc) is 2.56. The molecule has 0 spiro atoms. The molecule has 4 heteroatoms. The number of nitrogens with zero attached hydrogens (tertiary/aromatic N) is 1. The Bertz CT molecular complexity index is 306.